The maximum atomic E-state index is 10.4. The molecule has 2 unspecified atom stereocenters. The fraction of sp³-hybridized carbons (Fsp3) is 0.500. The first-order valence-corrected chi connectivity index (χ1v) is 10.6. The van der Waals surface area contributed by atoms with Crippen LogP contribution in [0.15, 0.2) is 24.3 Å². The summed E-state index contributed by atoms with van der Waals surface area (Å²) in [6.45, 7) is 5.71. The lowest BCUT2D eigenvalue weighted by Gasteiger charge is -2.40. The number of phenolic OH excluding ortho intramolecular Hbond substituents is 1. The van der Waals surface area contributed by atoms with Crippen LogP contribution in [0.4, 0.5) is 0 Å². The topological polar surface area (TPSA) is 120 Å². The number of aliphatic hydroxyl groups excluding tert-OH is 4. The van der Waals surface area contributed by atoms with E-state index in [0.29, 0.717) is 12.0 Å². The summed E-state index contributed by atoms with van der Waals surface area (Å²) in [6, 6.07) is 7.21. The molecule has 1 saturated heterocycles. The van der Waals surface area contributed by atoms with Gasteiger partial charge in [0.2, 0.25) is 0 Å². The van der Waals surface area contributed by atoms with E-state index in [1.807, 2.05) is 0 Å². The van der Waals surface area contributed by atoms with Gasteiger partial charge >= 0.3 is 0 Å². The Balaban J connectivity index is 1.56. The van der Waals surface area contributed by atoms with E-state index in [0.717, 1.165) is 23.3 Å². The quantitative estimate of drug-likeness (QED) is 0.497. The second-order valence-corrected chi connectivity index (χ2v) is 8.73. The van der Waals surface area contributed by atoms with Crippen molar-refractivity contribution in [3.05, 3.63) is 57.6 Å². The SMILES string of the molecule is Cc1cc(C)c2c(c1C)OC(Cc1ccc(O)c([C@@H]3O[C@H](CO)[C@@H](O)C(O)[C@H]3O)c1)C2. The van der Waals surface area contributed by atoms with E-state index in [4.69, 9.17) is 9.47 Å². The molecule has 2 aromatic carbocycles. The summed E-state index contributed by atoms with van der Waals surface area (Å²) in [7, 11) is 0. The molecule has 0 radical (unpaired) electrons. The second-order valence-electron chi connectivity index (χ2n) is 8.73. The Kier molecular flexibility index (Phi) is 5.98. The number of aryl methyl sites for hydroxylation is 2. The molecule has 31 heavy (non-hydrogen) atoms. The fourth-order valence-corrected chi connectivity index (χ4v) is 4.65. The number of hydrogen-bond donors (Lipinski definition) is 5. The van der Waals surface area contributed by atoms with Gasteiger partial charge in [-0.15, -0.1) is 0 Å². The lowest BCUT2D eigenvalue weighted by atomic mass is 9.89. The van der Waals surface area contributed by atoms with Crippen LogP contribution in [0, 0.1) is 20.8 Å². The lowest BCUT2D eigenvalue weighted by Crippen LogP contribution is -2.55. The summed E-state index contributed by atoms with van der Waals surface area (Å²) in [4.78, 5) is 0. The minimum atomic E-state index is -1.50. The molecule has 2 aliphatic heterocycles. The Morgan fingerprint density at radius 2 is 1.71 bits per heavy atom. The van der Waals surface area contributed by atoms with Gasteiger partial charge < -0.3 is 35.0 Å². The van der Waals surface area contributed by atoms with Gasteiger partial charge in [0.25, 0.3) is 0 Å². The highest BCUT2D eigenvalue weighted by Gasteiger charge is 2.44. The van der Waals surface area contributed by atoms with Gasteiger partial charge in [-0.1, -0.05) is 12.1 Å². The number of aromatic hydroxyl groups is 1. The molecule has 4 rings (SSSR count). The van der Waals surface area contributed by atoms with Crippen LogP contribution in [-0.2, 0) is 17.6 Å². The number of phenols is 1. The zero-order valence-electron chi connectivity index (χ0n) is 17.9. The van der Waals surface area contributed by atoms with Crippen molar-refractivity contribution in [2.45, 2.75) is 70.2 Å². The first-order chi connectivity index (χ1) is 14.7. The van der Waals surface area contributed by atoms with Crippen molar-refractivity contribution in [1.82, 2.24) is 0 Å². The predicted octanol–water partition coefficient (Wildman–Crippen LogP) is 1.38. The van der Waals surface area contributed by atoms with Crippen molar-refractivity contribution in [1.29, 1.82) is 0 Å². The molecule has 2 aliphatic rings. The molecule has 0 amide bonds. The molecule has 6 atom stereocenters. The van der Waals surface area contributed by atoms with Crippen LogP contribution >= 0.6 is 0 Å². The van der Waals surface area contributed by atoms with Gasteiger partial charge in [0, 0.05) is 24.0 Å². The van der Waals surface area contributed by atoms with Crippen LogP contribution in [-0.4, -0.2) is 62.7 Å². The van der Waals surface area contributed by atoms with Crippen molar-refractivity contribution in [2.75, 3.05) is 6.61 Å². The Bertz CT molecular complexity index is 971. The molecule has 0 spiro atoms. The molecule has 0 aromatic heterocycles. The summed E-state index contributed by atoms with van der Waals surface area (Å²) < 4.78 is 11.9. The Labute approximate surface area is 181 Å². The van der Waals surface area contributed by atoms with Gasteiger partial charge in [0.1, 0.15) is 48.1 Å². The average molecular weight is 430 g/mol. The molecule has 2 heterocycles. The lowest BCUT2D eigenvalue weighted by molar-refractivity contribution is -0.232. The zero-order valence-corrected chi connectivity index (χ0v) is 17.9. The molecular formula is C24H30O7. The standard InChI is InChI=1S/C24H30O7/c1-11-6-12(2)16-9-15(30-23(16)13(11)3)7-14-4-5-18(26)17(8-14)24-22(29)21(28)20(27)19(10-25)31-24/h4-6,8,15,19-22,24-29H,7,9-10H2,1-3H3/t15?,19-,20-,21?,22-,24+/m1/s1. The predicted molar refractivity (Wildman–Crippen MR) is 113 cm³/mol. The van der Waals surface area contributed by atoms with Gasteiger partial charge in [-0.25, -0.2) is 0 Å². The van der Waals surface area contributed by atoms with Crippen LogP contribution in [0.1, 0.15) is 39.5 Å². The Hall–Kier alpha value is -2.16. The smallest absolute Gasteiger partial charge is 0.126 e. The number of ether oxygens (including phenoxy) is 2. The van der Waals surface area contributed by atoms with Crippen molar-refractivity contribution in [2.24, 2.45) is 0 Å². The molecule has 1 fully saturated rings. The van der Waals surface area contributed by atoms with E-state index in [1.165, 1.54) is 22.8 Å². The molecule has 5 N–H and O–H groups in total. The van der Waals surface area contributed by atoms with Crippen LogP contribution in [0.25, 0.3) is 0 Å². The maximum absolute atomic E-state index is 10.4. The number of aliphatic hydroxyl groups is 4. The summed E-state index contributed by atoms with van der Waals surface area (Å²) in [5.41, 5.74) is 5.97. The van der Waals surface area contributed by atoms with Gasteiger partial charge in [-0.2, -0.15) is 0 Å². The van der Waals surface area contributed by atoms with Crippen molar-refractivity contribution in [3.63, 3.8) is 0 Å². The van der Waals surface area contributed by atoms with Gasteiger partial charge in [0.15, 0.2) is 0 Å². The third kappa shape index (κ3) is 3.92. The monoisotopic (exact) mass is 430 g/mol. The molecule has 2 aromatic rings. The van der Waals surface area contributed by atoms with Crippen LogP contribution in [0.3, 0.4) is 0 Å². The molecule has 0 saturated carbocycles. The fourth-order valence-electron chi connectivity index (χ4n) is 4.65. The van der Waals surface area contributed by atoms with Gasteiger partial charge in [-0.05, 0) is 55.2 Å². The summed E-state index contributed by atoms with van der Waals surface area (Å²) in [6.07, 6.45) is -5.17. The third-order valence-corrected chi connectivity index (χ3v) is 6.59. The zero-order chi connectivity index (χ0) is 22.4. The van der Waals surface area contributed by atoms with Crippen LogP contribution in [0.5, 0.6) is 11.5 Å². The molecule has 168 valence electrons. The van der Waals surface area contributed by atoms with E-state index in [2.05, 4.69) is 26.8 Å². The largest absolute Gasteiger partial charge is 0.508 e. The molecular weight excluding hydrogens is 400 g/mol. The molecule has 0 bridgehead atoms. The normalized spacial score (nSPS) is 30.2. The van der Waals surface area contributed by atoms with Crippen LogP contribution in [0.2, 0.25) is 0 Å². The Morgan fingerprint density at radius 1 is 0.968 bits per heavy atom. The minimum absolute atomic E-state index is 0.0543. The third-order valence-electron chi connectivity index (χ3n) is 6.59. The highest BCUT2D eigenvalue weighted by atomic mass is 16.5. The second kappa shape index (κ2) is 8.41. The average Bonchev–Trinajstić information content (AvgIpc) is 3.17. The highest BCUT2D eigenvalue weighted by Crippen LogP contribution is 2.39. The molecule has 7 nitrogen and oxygen atoms in total. The Morgan fingerprint density at radius 3 is 2.42 bits per heavy atom. The summed E-state index contributed by atoms with van der Waals surface area (Å²) in [5.74, 6) is 0.862. The first kappa shape index (κ1) is 22.0. The van der Waals surface area contributed by atoms with Crippen molar-refractivity contribution < 1.29 is 35.0 Å². The summed E-state index contributed by atoms with van der Waals surface area (Å²) >= 11 is 0. The van der Waals surface area contributed by atoms with E-state index in [1.54, 1.807) is 12.1 Å². The number of rotatable bonds is 4. The maximum Gasteiger partial charge on any atom is 0.126 e. The van der Waals surface area contributed by atoms with E-state index >= 15 is 0 Å². The van der Waals surface area contributed by atoms with Crippen molar-refractivity contribution in [3.8, 4) is 11.5 Å². The molecule has 7 heteroatoms. The minimum Gasteiger partial charge on any atom is -0.508 e. The first-order valence-electron chi connectivity index (χ1n) is 10.6. The van der Waals surface area contributed by atoms with E-state index in [9.17, 15) is 25.5 Å². The number of benzene rings is 2. The van der Waals surface area contributed by atoms with Gasteiger partial charge in [-0.3, -0.25) is 0 Å². The highest BCUT2D eigenvalue weighted by molar-refractivity contribution is 5.52. The van der Waals surface area contributed by atoms with E-state index < -0.39 is 37.1 Å². The molecule has 0 aliphatic carbocycles. The van der Waals surface area contributed by atoms with Crippen molar-refractivity contribution >= 4 is 0 Å². The van der Waals surface area contributed by atoms with Crippen LogP contribution < -0.4 is 4.74 Å². The van der Waals surface area contributed by atoms with E-state index in [-0.39, 0.29) is 11.9 Å². The summed E-state index contributed by atoms with van der Waals surface area (Å²) in [5, 5.41) is 50.4. The van der Waals surface area contributed by atoms with Gasteiger partial charge in [0.05, 0.1) is 6.61 Å². The number of fused-ring (bicyclic) bond motifs is 1. The number of hydrogen-bond acceptors (Lipinski definition) is 7.